The number of methoxy groups -OCH3 is 1. The molecule has 0 saturated carbocycles. The van der Waals surface area contributed by atoms with Crippen LogP contribution in [0.1, 0.15) is 18.4 Å². The van der Waals surface area contributed by atoms with Gasteiger partial charge in [-0.1, -0.05) is 5.16 Å². The zero-order valence-electron chi connectivity index (χ0n) is 17.7. The minimum atomic E-state index is -1.18. The Hall–Kier alpha value is -0.920. The van der Waals surface area contributed by atoms with Crippen molar-refractivity contribution in [3.63, 3.8) is 0 Å². The molecule has 33 heavy (non-hydrogen) atoms. The molecule has 1 aliphatic carbocycles. The van der Waals surface area contributed by atoms with Crippen LogP contribution >= 0.6 is 63.7 Å². The number of carbonyl (C=O) groups excluding carboxylic acids is 1. The Morgan fingerprint density at radius 1 is 1.33 bits per heavy atom. The molecule has 1 heterocycles. The summed E-state index contributed by atoms with van der Waals surface area (Å²) in [5, 5.41) is 17.5. The van der Waals surface area contributed by atoms with E-state index in [1.165, 1.54) is 7.11 Å². The molecule has 1 aliphatic heterocycles. The van der Waals surface area contributed by atoms with Crippen LogP contribution in [0, 0.1) is 0 Å². The fourth-order valence-corrected chi connectivity index (χ4v) is 6.70. The van der Waals surface area contributed by atoms with Crippen LogP contribution in [0.3, 0.4) is 0 Å². The topological polar surface area (TPSA) is 115 Å². The maximum absolute atomic E-state index is 12.7. The maximum atomic E-state index is 12.7. The van der Waals surface area contributed by atoms with Gasteiger partial charge in [0, 0.05) is 13.0 Å². The zero-order valence-corrected chi connectivity index (χ0v) is 24.0. The number of oxime groups is 1. The summed E-state index contributed by atoms with van der Waals surface area (Å²) in [6.07, 6.45) is 2.09. The minimum absolute atomic E-state index is 0.118. The highest BCUT2D eigenvalue weighted by molar-refractivity contribution is 9.12. The molecule has 0 aromatic heterocycles. The monoisotopic (exact) mass is 713 g/mol. The molecule has 0 bridgehead atoms. The van der Waals surface area contributed by atoms with Gasteiger partial charge >= 0.3 is 0 Å². The summed E-state index contributed by atoms with van der Waals surface area (Å²) in [4.78, 5) is 18.2. The van der Waals surface area contributed by atoms with Gasteiger partial charge in [0.2, 0.25) is 0 Å². The van der Waals surface area contributed by atoms with Crippen molar-refractivity contribution in [1.29, 1.82) is 0 Å². The summed E-state index contributed by atoms with van der Waals surface area (Å²) in [6.45, 7) is 1.50. The lowest BCUT2D eigenvalue weighted by Crippen LogP contribution is -2.45. The Labute approximate surface area is 225 Å². The third-order valence-electron chi connectivity index (χ3n) is 5.10. The van der Waals surface area contributed by atoms with Gasteiger partial charge in [-0.05, 0) is 107 Å². The lowest BCUT2D eigenvalue weighted by Gasteiger charge is -2.33. The number of allylic oxidation sites excluding steroid dienone is 1. The van der Waals surface area contributed by atoms with Crippen molar-refractivity contribution in [2.24, 2.45) is 10.9 Å². The zero-order chi connectivity index (χ0) is 24.2. The molecule has 1 aromatic carbocycles. The van der Waals surface area contributed by atoms with Gasteiger partial charge in [0.15, 0.2) is 5.60 Å². The smallest absolute Gasteiger partial charge is 0.269 e. The van der Waals surface area contributed by atoms with Crippen molar-refractivity contribution < 1.29 is 24.2 Å². The quantitative estimate of drug-likeness (QED) is 0.333. The van der Waals surface area contributed by atoms with Crippen LogP contribution in [-0.4, -0.2) is 55.2 Å². The number of nitrogens with zero attached hydrogens (tertiary/aromatic N) is 1. The highest BCUT2D eigenvalue weighted by Gasteiger charge is 2.50. The third kappa shape index (κ3) is 6.02. The van der Waals surface area contributed by atoms with Gasteiger partial charge < -0.3 is 30.5 Å². The lowest BCUT2D eigenvalue weighted by atomic mass is 9.87. The van der Waals surface area contributed by atoms with E-state index in [1.54, 1.807) is 6.08 Å². The molecule has 0 radical (unpaired) electrons. The highest BCUT2D eigenvalue weighted by Crippen LogP contribution is 2.44. The molecule has 0 fully saturated rings. The van der Waals surface area contributed by atoms with E-state index in [-0.39, 0.29) is 18.0 Å². The van der Waals surface area contributed by atoms with Gasteiger partial charge in [-0.2, -0.15) is 0 Å². The van der Waals surface area contributed by atoms with E-state index in [9.17, 15) is 9.90 Å². The standard InChI is InChI=1S/C21H23Br4N3O5/c1-31-18-14(24)9-21(19(29)16(18)25)10-15(28-33-21)20(30)27-5-3-11-7-12(22)17(13(23)8-11)32-6-2-4-26/h7-9,19,29H,2-6,10,26H2,1H3,(H,27,30)/t19-,21?/m1/s1. The van der Waals surface area contributed by atoms with Crippen LogP contribution in [0.15, 0.2) is 47.0 Å². The van der Waals surface area contributed by atoms with Gasteiger partial charge in [0.1, 0.15) is 23.3 Å². The van der Waals surface area contributed by atoms with E-state index >= 15 is 0 Å². The SMILES string of the molecule is COC1=C(Br)[C@@H](O)C2(C=C1Br)CC(C(=O)NCCc1cc(Br)c(OCCCN)c(Br)c1)=NO2. The van der Waals surface area contributed by atoms with Gasteiger partial charge in [0.05, 0.1) is 31.6 Å². The summed E-state index contributed by atoms with van der Waals surface area (Å²) in [5.41, 5.74) is 5.55. The Morgan fingerprint density at radius 2 is 2.03 bits per heavy atom. The summed E-state index contributed by atoms with van der Waals surface area (Å²) >= 11 is 13.8. The highest BCUT2D eigenvalue weighted by atomic mass is 79.9. The van der Waals surface area contributed by atoms with Gasteiger partial charge in [0.25, 0.3) is 5.91 Å². The number of carbonyl (C=O) groups is 1. The first-order valence-electron chi connectivity index (χ1n) is 10.1. The average molecular weight is 717 g/mol. The van der Waals surface area contributed by atoms with Crippen molar-refractivity contribution in [2.75, 3.05) is 26.8 Å². The second-order valence-corrected chi connectivity index (χ2v) is 10.8. The van der Waals surface area contributed by atoms with Crippen molar-refractivity contribution in [3.8, 4) is 5.75 Å². The summed E-state index contributed by atoms with van der Waals surface area (Å²) in [5.74, 6) is 0.838. The number of hydrogen-bond donors (Lipinski definition) is 3. The fourth-order valence-electron chi connectivity index (χ4n) is 3.39. The summed E-state index contributed by atoms with van der Waals surface area (Å²) in [6, 6.07) is 3.91. The number of aliphatic hydroxyl groups is 1. The number of aliphatic hydroxyl groups excluding tert-OH is 1. The number of benzene rings is 1. The number of amides is 1. The van der Waals surface area contributed by atoms with Crippen LogP contribution in [0.4, 0.5) is 0 Å². The molecular formula is C21H23Br4N3O5. The van der Waals surface area contributed by atoms with Crippen molar-refractivity contribution in [2.45, 2.75) is 31.0 Å². The number of ether oxygens (including phenoxy) is 2. The van der Waals surface area contributed by atoms with Crippen LogP contribution in [0.25, 0.3) is 0 Å². The van der Waals surface area contributed by atoms with E-state index < -0.39 is 11.7 Å². The molecule has 2 atom stereocenters. The van der Waals surface area contributed by atoms with Gasteiger partial charge in [-0.25, -0.2) is 0 Å². The molecular weight excluding hydrogens is 694 g/mol. The maximum Gasteiger partial charge on any atom is 0.269 e. The lowest BCUT2D eigenvalue weighted by molar-refractivity contribution is -0.114. The van der Waals surface area contributed by atoms with E-state index in [2.05, 4.69) is 74.2 Å². The van der Waals surface area contributed by atoms with Gasteiger partial charge in [-0.3, -0.25) is 4.79 Å². The number of nitrogens with two attached hydrogens (primary N) is 1. The summed E-state index contributed by atoms with van der Waals surface area (Å²) in [7, 11) is 1.50. The molecule has 2 aliphatic rings. The molecule has 12 heteroatoms. The Morgan fingerprint density at radius 3 is 2.67 bits per heavy atom. The molecule has 1 amide bonds. The third-order valence-corrected chi connectivity index (χ3v) is 7.66. The first-order chi connectivity index (χ1) is 15.7. The molecule has 1 spiro atoms. The first-order valence-corrected chi connectivity index (χ1v) is 13.2. The largest absolute Gasteiger partial charge is 0.495 e. The van der Waals surface area contributed by atoms with Crippen LogP contribution in [-0.2, 0) is 20.8 Å². The molecule has 180 valence electrons. The Kier molecular flexibility index (Phi) is 9.44. The van der Waals surface area contributed by atoms with Crippen molar-refractivity contribution in [3.05, 3.63) is 47.4 Å². The average Bonchev–Trinajstić information content (AvgIpc) is 3.19. The Balaban J connectivity index is 1.56. The van der Waals surface area contributed by atoms with Crippen LogP contribution in [0.5, 0.6) is 5.75 Å². The van der Waals surface area contributed by atoms with E-state index in [1.807, 2.05) is 12.1 Å². The number of hydrogen-bond acceptors (Lipinski definition) is 7. The predicted octanol–water partition coefficient (Wildman–Crippen LogP) is 4.02. The number of halogens is 4. The molecule has 4 N–H and O–H groups in total. The normalized spacial score (nSPS) is 22.1. The van der Waals surface area contributed by atoms with Crippen molar-refractivity contribution >= 4 is 75.3 Å². The molecule has 3 rings (SSSR count). The number of nitrogens with one attached hydrogen (secondary N) is 1. The van der Waals surface area contributed by atoms with E-state index in [0.29, 0.717) is 40.8 Å². The molecule has 8 nitrogen and oxygen atoms in total. The van der Waals surface area contributed by atoms with Crippen LogP contribution < -0.4 is 15.8 Å². The minimum Gasteiger partial charge on any atom is -0.495 e. The van der Waals surface area contributed by atoms with E-state index in [4.69, 9.17) is 20.0 Å². The number of rotatable bonds is 9. The molecule has 1 aromatic rings. The van der Waals surface area contributed by atoms with Gasteiger partial charge in [-0.15, -0.1) is 0 Å². The molecule has 0 saturated heterocycles. The second kappa shape index (κ2) is 11.7. The van der Waals surface area contributed by atoms with Crippen LogP contribution in [0.2, 0.25) is 0 Å². The second-order valence-electron chi connectivity index (χ2n) is 7.42. The molecule has 1 unspecified atom stereocenters. The summed E-state index contributed by atoms with van der Waals surface area (Å²) < 4.78 is 13.7. The Bertz CT molecular complexity index is 991. The fraction of sp³-hybridized carbons (Fsp3) is 0.429. The van der Waals surface area contributed by atoms with E-state index in [0.717, 1.165) is 26.7 Å². The van der Waals surface area contributed by atoms with Crippen molar-refractivity contribution in [1.82, 2.24) is 5.32 Å². The first kappa shape index (κ1) is 26.7. The predicted molar refractivity (Wildman–Crippen MR) is 140 cm³/mol.